The molecule has 7 heteroatoms. The lowest BCUT2D eigenvalue weighted by molar-refractivity contribution is 0.0624. The number of benzene rings is 2. The minimum absolute atomic E-state index is 0.109. The molecule has 0 bridgehead atoms. The maximum absolute atomic E-state index is 12.8. The summed E-state index contributed by atoms with van der Waals surface area (Å²) in [6, 6.07) is 14.1. The normalized spacial score (nSPS) is 14.9. The van der Waals surface area contributed by atoms with Gasteiger partial charge in [-0.15, -0.1) is 5.10 Å². The molecule has 2 heterocycles. The first-order valence-corrected chi connectivity index (χ1v) is 9.94. The van der Waals surface area contributed by atoms with Crippen molar-refractivity contribution in [3.63, 3.8) is 0 Å². The van der Waals surface area contributed by atoms with Crippen molar-refractivity contribution in [1.29, 1.82) is 0 Å². The van der Waals surface area contributed by atoms with Crippen molar-refractivity contribution in [3.8, 4) is 5.69 Å². The van der Waals surface area contributed by atoms with Crippen LogP contribution in [0.5, 0.6) is 0 Å². The van der Waals surface area contributed by atoms with Crippen LogP contribution in [0.25, 0.3) is 5.69 Å². The lowest BCUT2D eigenvalue weighted by atomic mass is 10.1. The van der Waals surface area contributed by atoms with E-state index in [0.29, 0.717) is 19.6 Å². The molecule has 0 saturated carbocycles. The molecular weight excluding hydrogens is 364 g/mol. The highest BCUT2D eigenvalue weighted by molar-refractivity contribution is 5.94. The van der Waals surface area contributed by atoms with Crippen LogP contribution in [0.15, 0.2) is 42.5 Å². The fourth-order valence-electron chi connectivity index (χ4n) is 3.56. The van der Waals surface area contributed by atoms with Gasteiger partial charge in [0.2, 0.25) is 0 Å². The first kappa shape index (κ1) is 19.3. The Hall–Kier alpha value is -3.06. The van der Waals surface area contributed by atoms with Crippen molar-refractivity contribution in [2.75, 3.05) is 26.2 Å². The average Bonchev–Trinajstić information content (AvgIpc) is 3.19. The number of piperazine rings is 1. The van der Waals surface area contributed by atoms with Gasteiger partial charge in [-0.25, -0.2) is 0 Å². The molecule has 0 N–H and O–H groups in total. The Bertz CT molecular complexity index is 1000. The minimum Gasteiger partial charge on any atom is -0.336 e. The first-order chi connectivity index (χ1) is 14.0. The number of nitrogens with zero attached hydrogens (tertiary/aromatic N) is 6. The van der Waals surface area contributed by atoms with Gasteiger partial charge in [0.15, 0.2) is 5.82 Å². The van der Waals surface area contributed by atoms with Crippen LogP contribution in [0.4, 0.5) is 0 Å². The zero-order valence-corrected chi connectivity index (χ0v) is 17.2. The third-order valence-corrected chi connectivity index (χ3v) is 5.59. The van der Waals surface area contributed by atoms with E-state index >= 15 is 0 Å². The number of aryl methyl sites for hydroxylation is 3. The smallest absolute Gasteiger partial charge is 0.253 e. The Balaban J connectivity index is 1.38. The number of carbonyl (C=O) groups excluding carboxylic acids is 1. The molecule has 7 nitrogen and oxygen atoms in total. The fraction of sp³-hybridized carbons (Fsp3) is 0.364. The number of rotatable bonds is 4. The van der Waals surface area contributed by atoms with Gasteiger partial charge in [0.05, 0.1) is 12.2 Å². The molecular formula is C22H26N6O. The number of tetrazole rings is 1. The summed E-state index contributed by atoms with van der Waals surface area (Å²) < 4.78 is 1.78. The molecule has 0 aliphatic carbocycles. The maximum atomic E-state index is 12.8. The predicted molar refractivity (Wildman–Crippen MR) is 111 cm³/mol. The molecule has 1 amide bonds. The van der Waals surface area contributed by atoms with Gasteiger partial charge in [0.25, 0.3) is 5.91 Å². The summed E-state index contributed by atoms with van der Waals surface area (Å²) in [5.74, 6) is 0.917. The van der Waals surface area contributed by atoms with Gasteiger partial charge < -0.3 is 4.90 Å². The molecule has 0 spiro atoms. The summed E-state index contributed by atoms with van der Waals surface area (Å²) in [5, 5.41) is 12.2. The summed E-state index contributed by atoms with van der Waals surface area (Å²) in [6.07, 6.45) is 0. The van der Waals surface area contributed by atoms with Crippen LogP contribution in [0, 0.1) is 20.8 Å². The Labute approximate surface area is 170 Å². The SMILES string of the molecule is Cc1ccc(-n2nnnc2CN2CCN(C(=O)c3ccc(C)c(C)c3)CC2)cc1. The third-order valence-electron chi connectivity index (χ3n) is 5.59. The van der Waals surface area contributed by atoms with Gasteiger partial charge >= 0.3 is 0 Å². The second-order valence-corrected chi connectivity index (χ2v) is 7.71. The van der Waals surface area contributed by atoms with Crippen molar-refractivity contribution < 1.29 is 4.79 Å². The van der Waals surface area contributed by atoms with Gasteiger partial charge in [0.1, 0.15) is 0 Å². The van der Waals surface area contributed by atoms with E-state index in [0.717, 1.165) is 35.7 Å². The van der Waals surface area contributed by atoms with Crippen molar-refractivity contribution >= 4 is 5.91 Å². The molecule has 1 aliphatic rings. The summed E-state index contributed by atoms with van der Waals surface area (Å²) in [6.45, 7) is 9.84. The Morgan fingerprint density at radius 1 is 0.931 bits per heavy atom. The van der Waals surface area contributed by atoms with E-state index in [4.69, 9.17) is 0 Å². The lowest BCUT2D eigenvalue weighted by Crippen LogP contribution is -2.48. The molecule has 0 radical (unpaired) electrons. The monoisotopic (exact) mass is 390 g/mol. The molecule has 0 atom stereocenters. The van der Waals surface area contributed by atoms with Gasteiger partial charge in [-0.3, -0.25) is 9.69 Å². The summed E-state index contributed by atoms with van der Waals surface area (Å²) in [4.78, 5) is 17.1. The quantitative estimate of drug-likeness (QED) is 0.685. The average molecular weight is 390 g/mol. The van der Waals surface area contributed by atoms with Crippen LogP contribution >= 0.6 is 0 Å². The number of aromatic nitrogens is 4. The molecule has 1 aromatic heterocycles. The molecule has 0 unspecified atom stereocenters. The van der Waals surface area contributed by atoms with E-state index < -0.39 is 0 Å². The van der Waals surface area contributed by atoms with E-state index in [1.165, 1.54) is 11.1 Å². The molecule has 1 fully saturated rings. The van der Waals surface area contributed by atoms with Crippen LogP contribution in [0.2, 0.25) is 0 Å². The zero-order chi connectivity index (χ0) is 20.4. The van der Waals surface area contributed by atoms with E-state index in [1.54, 1.807) is 4.68 Å². The predicted octanol–water partition coefficient (Wildman–Crippen LogP) is 2.55. The second-order valence-electron chi connectivity index (χ2n) is 7.71. The highest BCUT2D eigenvalue weighted by Crippen LogP contribution is 2.15. The third kappa shape index (κ3) is 4.19. The van der Waals surface area contributed by atoms with E-state index in [1.807, 2.05) is 42.2 Å². The fourth-order valence-corrected chi connectivity index (χ4v) is 3.56. The molecule has 1 saturated heterocycles. The number of hydrogen-bond donors (Lipinski definition) is 0. The second kappa shape index (κ2) is 8.13. The molecule has 3 aromatic rings. The lowest BCUT2D eigenvalue weighted by Gasteiger charge is -2.34. The molecule has 29 heavy (non-hydrogen) atoms. The van der Waals surface area contributed by atoms with Crippen molar-refractivity contribution in [3.05, 3.63) is 70.5 Å². The summed E-state index contributed by atoms with van der Waals surface area (Å²) in [7, 11) is 0. The first-order valence-electron chi connectivity index (χ1n) is 9.94. The van der Waals surface area contributed by atoms with Crippen molar-refractivity contribution in [2.45, 2.75) is 27.3 Å². The maximum Gasteiger partial charge on any atom is 0.253 e. The van der Waals surface area contributed by atoms with Gasteiger partial charge in [-0.05, 0) is 66.6 Å². The van der Waals surface area contributed by atoms with Crippen LogP contribution in [0.3, 0.4) is 0 Å². The molecule has 2 aromatic carbocycles. The zero-order valence-electron chi connectivity index (χ0n) is 17.2. The molecule has 4 rings (SSSR count). The molecule has 150 valence electrons. The van der Waals surface area contributed by atoms with E-state index in [9.17, 15) is 4.79 Å². The van der Waals surface area contributed by atoms with Crippen molar-refractivity contribution in [1.82, 2.24) is 30.0 Å². The summed E-state index contributed by atoms with van der Waals surface area (Å²) in [5.41, 5.74) is 5.28. The van der Waals surface area contributed by atoms with Crippen LogP contribution in [-0.4, -0.2) is 62.1 Å². The van der Waals surface area contributed by atoms with Gasteiger partial charge in [-0.1, -0.05) is 23.8 Å². The number of hydrogen-bond acceptors (Lipinski definition) is 5. The minimum atomic E-state index is 0.109. The van der Waals surface area contributed by atoms with Gasteiger partial charge in [0, 0.05) is 31.7 Å². The van der Waals surface area contributed by atoms with Crippen LogP contribution in [0.1, 0.15) is 32.9 Å². The van der Waals surface area contributed by atoms with Crippen LogP contribution in [-0.2, 0) is 6.54 Å². The van der Waals surface area contributed by atoms with E-state index in [-0.39, 0.29) is 5.91 Å². The summed E-state index contributed by atoms with van der Waals surface area (Å²) >= 11 is 0. The Morgan fingerprint density at radius 3 is 2.34 bits per heavy atom. The van der Waals surface area contributed by atoms with E-state index in [2.05, 4.69) is 46.4 Å². The van der Waals surface area contributed by atoms with Crippen molar-refractivity contribution in [2.24, 2.45) is 0 Å². The Kier molecular flexibility index (Phi) is 5.40. The standard InChI is InChI=1S/C22H26N6O/c1-16-4-8-20(9-5-16)28-21(23-24-25-28)15-26-10-12-27(13-11-26)22(29)19-7-6-17(2)18(3)14-19/h4-9,14H,10-13,15H2,1-3H3. The highest BCUT2D eigenvalue weighted by Gasteiger charge is 2.23. The van der Waals surface area contributed by atoms with Crippen LogP contribution < -0.4 is 0 Å². The molecule has 1 aliphatic heterocycles. The topological polar surface area (TPSA) is 67.2 Å². The van der Waals surface area contributed by atoms with Gasteiger partial charge in [-0.2, -0.15) is 4.68 Å². The largest absolute Gasteiger partial charge is 0.336 e. The number of carbonyl (C=O) groups is 1. The Morgan fingerprint density at radius 2 is 1.66 bits per heavy atom. The highest BCUT2D eigenvalue weighted by atomic mass is 16.2. The number of amides is 1.